The predicted molar refractivity (Wildman–Crippen MR) is 94.8 cm³/mol. The molecule has 0 spiro atoms. The van der Waals surface area contributed by atoms with Crippen molar-refractivity contribution in [2.45, 2.75) is 25.8 Å². The third kappa shape index (κ3) is 5.51. The summed E-state index contributed by atoms with van der Waals surface area (Å²) in [6.45, 7) is 2.34. The van der Waals surface area contributed by atoms with Crippen molar-refractivity contribution in [2.24, 2.45) is 0 Å². The number of carboxylic acids is 1. The highest BCUT2D eigenvalue weighted by Gasteiger charge is 2.17. The Morgan fingerprint density at radius 1 is 1.12 bits per heavy atom. The molecular weight excluding hydrogens is 334 g/mol. The molecule has 2 aromatic carbocycles. The maximum absolute atomic E-state index is 12.3. The van der Waals surface area contributed by atoms with Crippen LogP contribution in [-0.4, -0.2) is 25.6 Å². The third-order valence-corrected chi connectivity index (χ3v) is 3.80. The average molecular weight is 356 g/mol. The first-order valence-electron chi connectivity index (χ1n) is 8.37. The highest BCUT2D eigenvalue weighted by atomic mass is 16.5. The summed E-state index contributed by atoms with van der Waals surface area (Å²) >= 11 is 0. The number of benzene rings is 2. The number of rotatable bonds is 9. The molecule has 0 aromatic heterocycles. The van der Waals surface area contributed by atoms with Crippen LogP contribution in [0, 0.1) is 0 Å². The fourth-order valence-corrected chi connectivity index (χ4v) is 2.62. The molecule has 1 atom stereocenters. The molecule has 0 radical (unpaired) electrons. The van der Waals surface area contributed by atoms with Gasteiger partial charge in [0.1, 0.15) is 0 Å². The molecular formula is C20H22NO5-. The molecule has 26 heavy (non-hydrogen) atoms. The lowest BCUT2D eigenvalue weighted by Crippen LogP contribution is -2.35. The maximum atomic E-state index is 12.3. The molecule has 0 aliphatic carbocycles. The van der Waals surface area contributed by atoms with E-state index < -0.39 is 12.0 Å². The lowest BCUT2D eigenvalue weighted by molar-refractivity contribution is -0.306. The van der Waals surface area contributed by atoms with Gasteiger partial charge in [-0.2, -0.15) is 0 Å². The van der Waals surface area contributed by atoms with Gasteiger partial charge in [-0.25, -0.2) is 0 Å². The lowest BCUT2D eigenvalue weighted by atomic mass is 10.0. The fraction of sp³-hybridized carbons (Fsp3) is 0.300. The maximum Gasteiger partial charge on any atom is 0.224 e. The Hall–Kier alpha value is -3.02. The summed E-state index contributed by atoms with van der Waals surface area (Å²) in [5, 5.41) is 13.9. The van der Waals surface area contributed by atoms with Crippen LogP contribution in [-0.2, 0) is 16.0 Å². The Balaban J connectivity index is 2.18. The number of carbonyl (C=O) groups is 2. The second-order valence-corrected chi connectivity index (χ2v) is 5.70. The number of hydrogen-bond donors (Lipinski definition) is 1. The first-order valence-corrected chi connectivity index (χ1v) is 8.37. The van der Waals surface area contributed by atoms with Crippen LogP contribution < -0.4 is 19.9 Å². The standard InChI is InChI=1S/C20H23NO5/c1-3-26-17-10-9-15(12-18(17)25-2)16(13-20(23)24)21-19(22)11-14-7-5-4-6-8-14/h4-10,12,16H,3,11,13H2,1-2H3,(H,21,22)(H,23,24)/p-1/t16-/m1/s1. The predicted octanol–water partition coefficient (Wildman–Crippen LogP) is 1.63. The molecule has 0 bridgehead atoms. The number of aliphatic carboxylic acids is 1. The van der Waals surface area contributed by atoms with Crippen LogP contribution in [0.1, 0.15) is 30.5 Å². The summed E-state index contributed by atoms with van der Waals surface area (Å²) in [5.41, 5.74) is 1.46. The molecule has 0 aliphatic heterocycles. The quantitative estimate of drug-likeness (QED) is 0.738. The molecule has 0 heterocycles. The summed E-state index contributed by atoms with van der Waals surface area (Å²) in [7, 11) is 1.50. The zero-order chi connectivity index (χ0) is 18.9. The van der Waals surface area contributed by atoms with Crippen molar-refractivity contribution in [3.8, 4) is 11.5 Å². The van der Waals surface area contributed by atoms with E-state index in [4.69, 9.17) is 9.47 Å². The lowest BCUT2D eigenvalue weighted by Gasteiger charge is -2.21. The summed E-state index contributed by atoms with van der Waals surface area (Å²) in [6.07, 6.45) is -0.170. The van der Waals surface area contributed by atoms with E-state index in [0.29, 0.717) is 23.7 Å². The number of carbonyl (C=O) groups excluding carboxylic acids is 2. The monoisotopic (exact) mass is 356 g/mol. The number of methoxy groups -OCH3 is 1. The molecule has 6 heteroatoms. The molecule has 2 rings (SSSR count). The van der Waals surface area contributed by atoms with E-state index in [-0.39, 0.29) is 18.7 Å². The van der Waals surface area contributed by atoms with Crippen molar-refractivity contribution in [2.75, 3.05) is 13.7 Å². The minimum atomic E-state index is -1.25. The number of carboxylic acid groups (broad SMARTS) is 1. The largest absolute Gasteiger partial charge is 0.550 e. The smallest absolute Gasteiger partial charge is 0.224 e. The van der Waals surface area contributed by atoms with Gasteiger partial charge in [0.2, 0.25) is 5.91 Å². The van der Waals surface area contributed by atoms with Gasteiger partial charge in [0.25, 0.3) is 0 Å². The average Bonchev–Trinajstić information content (AvgIpc) is 2.62. The molecule has 0 saturated carbocycles. The summed E-state index contributed by atoms with van der Waals surface area (Å²) in [6, 6.07) is 13.6. The second-order valence-electron chi connectivity index (χ2n) is 5.70. The summed E-state index contributed by atoms with van der Waals surface area (Å²) in [5.74, 6) is -0.482. The molecule has 0 aliphatic rings. The zero-order valence-electron chi connectivity index (χ0n) is 14.9. The van der Waals surface area contributed by atoms with Crippen LogP contribution in [0.2, 0.25) is 0 Å². The van der Waals surface area contributed by atoms with E-state index in [0.717, 1.165) is 5.56 Å². The van der Waals surface area contributed by atoms with Gasteiger partial charge in [0, 0.05) is 12.4 Å². The number of nitrogens with one attached hydrogen (secondary N) is 1. The van der Waals surface area contributed by atoms with E-state index >= 15 is 0 Å². The minimum absolute atomic E-state index is 0.165. The Morgan fingerprint density at radius 2 is 1.85 bits per heavy atom. The molecule has 1 N–H and O–H groups in total. The van der Waals surface area contributed by atoms with Gasteiger partial charge < -0.3 is 24.7 Å². The van der Waals surface area contributed by atoms with Crippen LogP contribution in [0.5, 0.6) is 11.5 Å². The SMILES string of the molecule is CCOc1ccc([C@@H](CC(=O)[O-])NC(=O)Cc2ccccc2)cc1OC. The van der Waals surface area contributed by atoms with E-state index in [1.807, 2.05) is 37.3 Å². The molecule has 0 fully saturated rings. The van der Waals surface area contributed by atoms with E-state index in [1.165, 1.54) is 7.11 Å². The molecule has 6 nitrogen and oxygen atoms in total. The van der Waals surface area contributed by atoms with Gasteiger partial charge >= 0.3 is 0 Å². The van der Waals surface area contributed by atoms with Crippen LogP contribution in [0.3, 0.4) is 0 Å². The topological polar surface area (TPSA) is 87.7 Å². The molecule has 0 saturated heterocycles. The van der Waals surface area contributed by atoms with Gasteiger partial charge in [-0.05, 0) is 30.2 Å². The first kappa shape index (κ1) is 19.3. The highest BCUT2D eigenvalue weighted by Crippen LogP contribution is 2.31. The van der Waals surface area contributed by atoms with Gasteiger partial charge in [-0.15, -0.1) is 0 Å². The van der Waals surface area contributed by atoms with Gasteiger partial charge in [0.05, 0.1) is 26.2 Å². The minimum Gasteiger partial charge on any atom is -0.550 e. The van der Waals surface area contributed by atoms with Crippen molar-refractivity contribution >= 4 is 11.9 Å². The van der Waals surface area contributed by atoms with Gasteiger partial charge in [-0.3, -0.25) is 4.79 Å². The van der Waals surface area contributed by atoms with Crippen LogP contribution in [0.15, 0.2) is 48.5 Å². The van der Waals surface area contributed by atoms with Crippen molar-refractivity contribution in [3.05, 3.63) is 59.7 Å². The van der Waals surface area contributed by atoms with E-state index in [1.54, 1.807) is 18.2 Å². The van der Waals surface area contributed by atoms with E-state index in [2.05, 4.69) is 5.32 Å². The van der Waals surface area contributed by atoms with Crippen molar-refractivity contribution < 1.29 is 24.2 Å². The Kier molecular flexibility index (Phi) is 7.02. The summed E-state index contributed by atoms with van der Waals surface area (Å²) in [4.78, 5) is 23.4. The first-order chi connectivity index (χ1) is 12.5. The van der Waals surface area contributed by atoms with Crippen molar-refractivity contribution in [1.29, 1.82) is 0 Å². The third-order valence-electron chi connectivity index (χ3n) is 3.80. The number of amides is 1. The van der Waals surface area contributed by atoms with Gasteiger partial charge in [0.15, 0.2) is 11.5 Å². The van der Waals surface area contributed by atoms with Crippen LogP contribution >= 0.6 is 0 Å². The van der Waals surface area contributed by atoms with Crippen molar-refractivity contribution in [3.63, 3.8) is 0 Å². The number of ether oxygens (including phenoxy) is 2. The van der Waals surface area contributed by atoms with Gasteiger partial charge in [-0.1, -0.05) is 36.4 Å². The number of hydrogen-bond acceptors (Lipinski definition) is 5. The second kappa shape index (κ2) is 9.46. The van der Waals surface area contributed by atoms with Crippen LogP contribution in [0.25, 0.3) is 0 Å². The Bertz CT molecular complexity index is 745. The molecule has 138 valence electrons. The fourth-order valence-electron chi connectivity index (χ4n) is 2.62. The van der Waals surface area contributed by atoms with Crippen LogP contribution in [0.4, 0.5) is 0 Å². The Labute approximate surface area is 152 Å². The normalized spacial score (nSPS) is 11.5. The summed E-state index contributed by atoms with van der Waals surface area (Å²) < 4.78 is 10.8. The van der Waals surface area contributed by atoms with E-state index in [9.17, 15) is 14.7 Å². The Morgan fingerprint density at radius 3 is 2.46 bits per heavy atom. The van der Waals surface area contributed by atoms with Crippen molar-refractivity contribution in [1.82, 2.24) is 5.32 Å². The molecule has 1 amide bonds. The zero-order valence-corrected chi connectivity index (χ0v) is 14.9. The molecule has 0 unspecified atom stereocenters. The highest BCUT2D eigenvalue weighted by molar-refractivity contribution is 5.79. The molecule has 2 aromatic rings.